The van der Waals surface area contributed by atoms with Crippen LogP contribution in [0.4, 0.5) is 33.9 Å². The number of benzene rings is 3. The first kappa shape index (κ1) is 28.4. The molecular formula is C30H26ClF4N5O. The van der Waals surface area contributed by atoms with Crippen molar-refractivity contribution in [3.63, 3.8) is 0 Å². The Balaban J connectivity index is 1.41. The molecule has 11 heteroatoms. The number of aromatic nitrogens is 2. The van der Waals surface area contributed by atoms with Crippen LogP contribution in [0.15, 0.2) is 72.8 Å². The molecule has 0 radical (unpaired) electrons. The molecule has 1 N–H and O–H groups in total. The minimum absolute atomic E-state index is 0.0886. The van der Waals surface area contributed by atoms with Crippen LogP contribution in [-0.2, 0) is 12.6 Å². The molecule has 1 fully saturated rings. The lowest BCUT2D eigenvalue weighted by molar-refractivity contribution is -0.137. The molecule has 1 aliphatic heterocycles. The van der Waals surface area contributed by atoms with Crippen LogP contribution in [0.3, 0.4) is 0 Å². The fourth-order valence-corrected chi connectivity index (χ4v) is 4.89. The topological polar surface area (TPSA) is 61.4 Å². The number of piperazine rings is 1. The number of anilines is 2. The quantitative estimate of drug-likeness (QED) is 0.252. The van der Waals surface area contributed by atoms with Gasteiger partial charge in [-0.05, 0) is 42.8 Å². The van der Waals surface area contributed by atoms with Crippen LogP contribution < -0.4 is 10.2 Å². The van der Waals surface area contributed by atoms with Crippen molar-refractivity contribution in [2.24, 2.45) is 0 Å². The lowest BCUT2D eigenvalue weighted by Gasteiger charge is -2.36. The molecule has 6 nitrogen and oxygen atoms in total. The van der Waals surface area contributed by atoms with Crippen molar-refractivity contribution in [2.45, 2.75) is 19.5 Å². The Hall–Kier alpha value is -4.18. The molecule has 0 aliphatic carbocycles. The number of carbonyl (C=O) groups is 1. The summed E-state index contributed by atoms with van der Waals surface area (Å²) in [6.45, 7) is 3.45. The van der Waals surface area contributed by atoms with E-state index in [1.165, 1.54) is 24.3 Å². The maximum Gasteiger partial charge on any atom is 0.416 e. The van der Waals surface area contributed by atoms with Gasteiger partial charge in [-0.3, -0.25) is 0 Å². The Morgan fingerprint density at radius 3 is 2.37 bits per heavy atom. The highest BCUT2D eigenvalue weighted by molar-refractivity contribution is 6.31. The molecule has 0 spiro atoms. The first-order valence-electron chi connectivity index (χ1n) is 12.9. The second-order valence-electron chi connectivity index (χ2n) is 9.71. The fourth-order valence-electron chi connectivity index (χ4n) is 4.71. The predicted molar refractivity (Wildman–Crippen MR) is 151 cm³/mol. The maximum atomic E-state index is 13.5. The fraction of sp³-hybridized carbons (Fsp3) is 0.233. The normalized spacial score (nSPS) is 13.8. The van der Waals surface area contributed by atoms with Crippen molar-refractivity contribution in [2.75, 3.05) is 36.4 Å². The average molecular weight is 584 g/mol. The second-order valence-corrected chi connectivity index (χ2v) is 10.1. The summed E-state index contributed by atoms with van der Waals surface area (Å²) in [6.07, 6.45) is -3.95. The molecule has 2 heterocycles. The van der Waals surface area contributed by atoms with Crippen LogP contribution >= 0.6 is 11.6 Å². The number of amides is 2. The number of aryl methyl sites for hydroxylation is 1. The number of nitrogens with zero attached hydrogens (tertiary/aromatic N) is 4. The third kappa shape index (κ3) is 6.59. The summed E-state index contributed by atoms with van der Waals surface area (Å²) >= 11 is 5.83. The Labute approximate surface area is 239 Å². The van der Waals surface area contributed by atoms with Gasteiger partial charge in [0.1, 0.15) is 11.6 Å². The van der Waals surface area contributed by atoms with E-state index in [9.17, 15) is 22.4 Å². The first-order valence-corrected chi connectivity index (χ1v) is 13.3. The molecule has 2 amide bonds. The van der Waals surface area contributed by atoms with Gasteiger partial charge in [0.25, 0.3) is 0 Å². The highest BCUT2D eigenvalue weighted by Crippen LogP contribution is 2.33. The van der Waals surface area contributed by atoms with Crippen molar-refractivity contribution in [1.82, 2.24) is 14.9 Å². The zero-order chi connectivity index (χ0) is 29.1. The van der Waals surface area contributed by atoms with Crippen LogP contribution in [0.5, 0.6) is 0 Å². The van der Waals surface area contributed by atoms with E-state index in [4.69, 9.17) is 16.6 Å². The van der Waals surface area contributed by atoms with Crippen molar-refractivity contribution < 1.29 is 22.4 Å². The number of carbonyl (C=O) groups excluding carboxylic acids is 1. The Kier molecular flexibility index (Phi) is 8.12. The molecular weight excluding hydrogens is 558 g/mol. The number of halogens is 5. The highest BCUT2D eigenvalue weighted by Gasteiger charge is 2.31. The average Bonchev–Trinajstić information content (AvgIpc) is 2.96. The molecule has 0 bridgehead atoms. The molecule has 0 saturated carbocycles. The third-order valence-corrected chi connectivity index (χ3v) is 7.19. The van der Waals surface area contributed by atoms with Crippen molar-refractivity contribution in [1.29, 1.82) is 0 Å². The molecule has 3 aromatic carbocycles. The van der Waals surface area contributed by atoms with E-state index >= 15 is 0 Å². The maximum absolute atomic E-state index is 13.5. The number of rotatable bonds is 5. The van der Waals surface area contributed by atoms with Gasteiger partial charge >= 0.3 is 12.2 Å². The van der Waals surface area contributed by atoms with Crippen LogP contribution in [-0.4, -0.2) is 47.1 Å². The molecule has 1 aliphatic rings. The largest absolute Gasteiger partial charge is 0.416 e. The highest BCUT2D eigenvalue weighted by atomic mass is 35.5. The summed E-state index contributed by atoms with van der Waals surface area (Å²) in [5, 5.41) is 2.65. The van der Waals surface area contributed by atoms with Gasteiger partial charge in [0.2, 0.25) is 0 Å². The van der Waals surface area contributed by atoms with E-state index in [1.807, 2.05) is 42.2 Å². The smallest absolute Gasteiger partial charge is 0.353 e. The summed E-state index contributed by atoms with van der Waals surface area (Å²) in [6, 6.07) is 18.4. The minimum atomic E-state index is -4.49. The molecule has 0 atom stereocenters. The van der Waals surface area contributed by atoms with Gasteiger partial charge in [0, 0.05) is 55.1 Å². The summed E-state index contributed by atoms with van der Waals surface area (Å²) < 4.78 is 53.7. The summed E-state index contributed by atoms with van der Waals surface area (Å²) in [5.41, 5.74) is 2.46. The molecule has 212 valence electrons. The summed E-state index contributed by atoms with van der Waals surface area (Å²) in [5.74, 6) is 0.252. The Morgan fingerprint density at radius 1 is 0.951 bits per heavy atom. The van der Waals surface area contributed by atoms with Gasteiger partial charge in [-0.25, -0.2) is 19.2 Å². The number of urea groups is 1. The van der Waals surface area contributed by atoms with Gasteiger partial charge in [-0.1, -0.05) is 54.1 Å². The predicted octanol–water partition coefficient (Wildman–Crippen LogP) is 7.21. The van der Waals surface area contributed by atoms with E-state index in [0.29, 0.717) is 49.8 Å². The molecule has 1 saturated heterocycles. The van der Waals surface area contributed by atoms with E-state index < -0.39 is 17.6 Å². The zero-order valence-electron chi connectivity index (χ0n) is 22.1. The van der Waals surface area contributed by atoms with Crippen molar-refractivity contribution in [3.8, 4) is 11.4 Å². The van der Waals surface area contributed by atoms with Crippen LogP contribution in [0.1, 0.15) is 22.4 Å². The third-order valence-electron chi connectivity index (χ3n) is 6.90. The van der Waals surface area contributed by atoms with Gasteiger partial charge in [-0.2, -0.15) is 13.2 Å². The Bertz CT molecular complexity index is 1560. The molecule has 5 rings (SSSR count). The molecule has 1 aromatic heterocycles. The summed E-state index contributed by atoms with van der Waals surface area (Å²) in [7, 11) is 0. The van der Waals surface area contributed by atoms with Gasteiger partial charge in [0.05, 0.1) is 10.6 Å². The lowest BCUT2D eigenvalue weighted by atomic mass is 10.0. The number of nitrogens with one attached hydrogen (secondary N) is 1. The van der Waals surface area contributed by atoms with E-state index in [-0.39, 0.29) is 22.4 Å². The SMILES string of the molecule is Cc1nc(-c2cccc(C(F)(F)F)c2)nc(N2CCN(C(=O)Nc3ccc(F)c(Cl)c3)CC2)c1Cc1ccccc1. The molecule has 4 aromatic rings. The zero-order valence-corrected chi connectivity index (χ0v) is 22.8. The summed E-state index contributed by atoms with van der Waals surface area (Å²) in [4.78, 5) is 25.9. The van der Waals surface area contributed by atoms with E-state index in [2.05, 4.69) is 10.3 Å². The number of alkyl halides is 3. The second kappa shape index (κ2) is 11.7. The number of hydrogen-bond donors (Lipinski definition) is 1. The molecule has 0 unspecified atom stereocenters. The van der Waals surface area contributed by atoms with Crippen LogP contribution in [0.25, 0.3) is 11.4 Å². The minimum Gasteiger partial charge on any atom is -0.353 e. The van der Waals surface area contributed by atoms with Gasteiger partial charge in [-0.15, -0.1) is 0 Å². The monoisotopic (exact) mass is 583 g/mol. The Morgan fingerprint density at radius 2 is 1.68 bits per heavy atom. The van der Waals surface area contributed by atoms with Crippen molar-refractivity contribution in [3.05, 3.63) is 106 Å². The standard InChI is InChI=1S/C30H26ClF4N5O/c1-19-24(16-20-6-3-2-4-7-20)28(38-27(36-19)21-8-5-9-22(17-21)30(33,34)35)39-12-14-40(15-13-39)29(41)37-23-10-11-26(32)25(31)18-23/h2-11,17-18H,12-16H2,1H3,(H,37,41). The van der Waals surface area contributed by atoms with Crippen molar-refractivity contribution >= 4 is 29.1 Å². The van der Waals surface area contributed by atoms with Crippen LogP contribution in [0.2, 0.25) is 5.02 Å². The van der Waals surface area contributed by atoms with E-state index in [1.54, 1.807) is 11.0 Å². The lowest BCUT2D eigenvalue weighted by Crippen LogP contribution is -2.50. The van der Waals surface area contributed by atoms with Crippen LogP contribution in [0, 0.1) is 12.7 Å². The van der Waals surface area contributed by atoms with E-state index in [0.717, 1.165) is 23.3 Å². The molecule has 41 heavy (non-hydrogen) atoms. The van der Waals surface area contributed by atoms with Gasteiger partial charge < -0.3 is 15.1 Å². The van der Waals surface area contributed by atoms with Gasteiger partial charge in [0.15, 0.2) is 5.82 Å². The first-order chi connectivity index (χ1) is 19.6. The number of hydrogen-bond acceptors (Lipinski definition) is 4.